The second-order valence-corrected chi connectivity index (χ2v) is 5.35. The van der Waals surface area contributed by atoms with Crippen molar-refractivity contribution in [3.8, 4) is 33.8 Å². The molecule has 0 saturated carbocycles. The van der Waals surface area contributed by atoms with Crippen molar-refractivity contribution in [2.24, 2.45) is 0 Å². The third-order valence-electron chi connectivity index (χ3n) is 3.91. The number of methoxy groups -OCH3 is 2. The first-order chi connectivity index (χ1) is 12.1. The molecule has 0 unspecified atom stereocenters. The van der Waals surface area contributed by atoms with Crippen LogP contribution in [0, 0.1) is 0 Å². The largest absolute Gasteiger partial charge is 0.497 e. The highest BCUT2D eigenvalue weighted by molar-refractivity contribution is 5.91. The summed E-state index contributed by atoms with van der Waals surface area (Å²) in [5, 5.41) is 0. The first kappa shape index (κ1) is 16.6. The molecule has 0 fully saturated rings. The highest BCUT2D eigenvalue weighted by Gasteiger charge is 2.14. The molecule has 5 heteroatoms. The van der Waals surface area contributed by atoms with Gasteiger partial charge in [0.2, 0.25) is 0 Å². The van der Waals surface area contributed by atoms with Crippen LogP contribution < -0.4 is 9.47 Å². The average molecular weight is 337 g/mol. The predicted molar refractivity (Wildman–Crippen MR) is 93.7 cm³/mol. The molecule has 0 aliphatic rings. The maximum Gasteiger partial charge on any atom is 0.350 e. The van der Waals surface area contributed by atoms with E-state index in [1.54, 1.807) is 14.2 Å². The quantitative estimate of drug-likeness (QED) is 0.641. The molecule has 1 heterocycles. The van der Waals surface area contributed by atoms with Crippen LogP contribution in [0.25, 0.3) is 22.3 Å². The molecule has 0 aliphatic carbocycles. The van der Waals surface area contributed by atoms with Crippen molar-refractivity contribution in [1.82, 2.24) is 4.98 Å². The lowest BCUT2D eigenvalue weighted by atomic mass is 9.95. The Morgan fingerprint density at radius 3 is 1.76 bits per heavy atom. The number of hydrogen-bond acceptors (Lipinski definition) is 4. The van der Waals surface area contributed by atoms with Gasteiger partial charge in [-0.25, -0.2) is 4.98 Å². The van der Waals surface area contributed by atoms with E-state index >= 15 is 0 Å². The van der Waals surface area contributed by atoms with Crippen molar-refractivity contribution in [3.05, 3.63) is 66.5 Å². The van der Waals surface area contributed by atoms with Gasteiger partial charge in [-0.05, 0) is 47.0 Å². The maximum absolute atomic E-state index is 13.1. The van der Waals surface area contributed by atoms with Gasteiger partial charge >= 0.3 is 6.04 Å². The zero-order valence-electron chi connectivity index (χ0n) is 13.8. The van der Waals surface area contributed by atoms with Crippen molar-refractivity contribution < 1.29 is 18.7 Å². The van der Waals surface area contributed by atoms with Crippen LogP contribution in [0.5, 0.6) is 11.5 Å². The van der Waals surface area contributed by atoms with E-state index in [2.05, 4.69) is 4.98 Å². The van der Waals surface area contributed by atoms with E-state index in [1.807, 2.05) is 48.5 Å². The molecule has 3 rings (SSSR count). The molecule has 3 aromatic rings. The van der Waals surface area contributed by atoms with Gasteiger partial charge in [-0.15, -0.1) is 0 Å². The molecule has 0 saturated heterocycles. The number of aromatic nitrogens is 1. The fourth-order valence-electron chi connectivity index (χ4n) is 2.57. The number of carbonyl (C=O) groups is 1. The number of benzene rings is 2. The van der Waals surface area contributed by atoms with Gasteiger partial charge in [0.25, 0.3) is 0 Å². The summed E-state index contributed by atoms with van der Waals surface area (Å²) in [7, 11) is 3.19. The summed E-state index contributed by atoms with van der Waals surface area (Å²) >= 11 is 0. The summed E-state index contributed by atoms with van der Waals surface area (Å²) < 4.78 is 23.5. The standard InChI is InChI=1S/C20H16FNO3/c1-24-15-7-3-13(4-8-15)17-11-19(20(21)23)22-12-18(17)14-5-9-16(25-2)10-6-14/h3-12H,1-2H3. The topological polar surface area (TPSA) is 48.4 Å². The third-order valence-corrected chi connectivity index (χ3v) is 3.91. The minimum atomic E-state index is -1.56. The fourth-order valence-corrected chi connectivity index (χ4v) is 2.57. The first-order valence-electron chi connectivity index (χ1n) is 7.61. The van der Waals surface area contributed by atoms with Crippen LogP contribution >= 0.6 is 0 Å². The third kappa shape index (κ3) is 3.50. The Labute approximate surface area is 144 Å². The van der Waals surface area contributed by atoms with E-state index in [4.69, 9.17) is 9.47 Å². The summed E-state index contributed by atoms with van der Waals surface area (Å²) in [6.07, 6.45) is 1.51. The number of carbonyl (C=O) groups excluding carboxylic acids is 1. The van der Waals surface area contributed by atoms with Crippen molar-refractivity contribution in [3.63, 3.8) is 0 Å². The molecule has 0 bridgehead atoms. The molecule has 2 aromatic carbocycles. The van der Waals surface area contributed by atoms with Gasteiger partial charge in [0, 0.05) is 11.8 Å². The molecular weight excluding hydrogens is 321 g/mol. The maximum atomic E-state index is 13.1. The Balaban J connectivity index is 2.14. The van der Waals surface area contributed by atoms with Gasteiger partial charge in [-0.2, -0.15) is 4.39 Å². The van der Waals surface area contributed by atoms with Crippen LogP contribution in [-0.2, 0) is 0 Å². The molecule has 0 N–H and O–H groups in total. The molecule has 25 heavy (non-hydrogen) atoms. The van der Waals surface area contributed by atoms with Crippen LogP contribution in [-0.4, -0.2) is 25.2 Å². The first-order valence-corrected chi connectivity index (χ1v) is 7.61. The van der Waals surface area contributed by atoms with E-state index in [0.29, 0.717) is 11.3 Å². The minimum absolute atomic E-state index is 0.219. The zero-order valence-corrected chi connectivity index (χ0v) is 13.8. The molecule has 0 aliphatic heterocycles. The highest BCUT2D eigenvalue weighted by Crippen LogP contribution is 2.34. The Kier molecular flexibility index (Phi) is 4.75. The molecule has 126 valence electrons. The predicted octanol–water partition coefficient (Wildman–Crippen LogP) is 4.54. The van der Waals surface area contributed by atoms with Crippen LogP contribution in [0.15, 0.2) is 60.8 Å². The Morgan fingerprint density at radius 2 is 1.32 bits per heavy atom. The van der Waals surface area contributed by atoms with Crippen LogP contribution in [0.3, 0.4) is 0 Å². The van der Waals surface area contributed by atoms with E-state index in [9.17, 15) is 9.18 Å². The number of halogens is 1. The van der Waals surface area contributed by atoms with E-state index < -0.39 is 6.04 Å². The lowest BCUT2D eigenvalue weighted by molar-refractivity contribution is 0.0830. The van der Waals surface area contributed by atoms with E-state index in [1.165, 1.54) is 12.3 Å². The van der Waals surface area contributed by atoms with Crippen molar-refractivity contribution >= 4 is 6.04 Å². The smallest absolute Gasteiger partial charge is 0.350 e. The molecule has 4 nitrogen and oxygen atoms in total. The molecule has 0 amide bonds. The summed E-state index contributed by atoms with van der Waals surface area (Å²) in [6.45, 7) is 0. The molecule has 0 radical (unpaired) electrons. The Hall–Kier alpha value is -3.21. The fraction of sp³-hybridized carbons (Fsp3) is 0.100. The summed E-state index contributed by atoms with van der Waals surface area (Å²) in [4.78, 5) is 15.0. The number of ether oxygens (including phenoxy) is 2. The van der Waals surface area contributed by atoms with Gasteiger partial charge in [0.1, 0.15) is 17.2 Å². The van der Waals surface area contributed by atoms with Crippen LogP contribution in [0.4, 0.5) is 4.39 Å². The Morgan fingerprint density at radius 1 is 0.840 bits per heavy atom. The number of rotatable bonds is 5. The van der Waals surface area contributed by atoms with Crippen molar-refractivity contribution in [1.29, 1.82) is 0 Å². The van der Waals surface area contributed by atoms with Crippen molar-refractivity contribution in [2.45, 2.75) is 0 Å². The van der Waals surface area contributed by atoms with Gasteiger partial charge in [-0.3, -0.25) is 4.79 Å². The lowest BCUT2D eigenvalue weighted by Gasteiger charge is -2.12. The number of pyridine rings is 1. The van der Waals surface area contributed by atoms with Gasteiger partial charge < -0.3 is 9.47 Å². The summed E-state index contributed by atoms with van der Waals surface area (Å²) in [6, 6.07) is 14.7. The lowest BCUT2D eigenvalue weighted by Crippen LogP contribution is -1.97. The second-order valence-electron chi connectivity index (χ2n) is 5.35. The highest BCUT2D eigenvalue weighted by atomic mass is 19.1. The normalized spacial score (nSPS) is 10.4. The van der Waals surface area contributed by atoms with E-state index in [0.717, 1.165) is 22.4 Å². The second kappa shape index (κ2) is 7.13. The SMILES string of the molecule is COc1ccc(-c2cnc(C(=O)F)cc2-c2ccc(OC)cc2)cc1. The molecule has 1 aromatic heterocycles. The van der Waals surface area contributed by atoms with Gasteiger partial charge in [-0.1, -0.05) is 24.3 Å². The summed E-state index contributed by atoms with van der Waals surface area (Å²) in [5.74, 6) is 1.45. The van der Waals surface area contributed by atoms with Gasteiger partial charge in [0.15, 0.2) is 0 Å². The zero-order chi connectivity index (χ0) is 17.8. The monoisotopic (exact) mass is 337 g/mol. The summed E-state index contributed by atoms with van der Waals surface area (Å²) in [5.41, 5.74) is 3.00. The Bertz CT molecular complexity index is 890. The number of nitrogens with zero attached hydrogens (tertiary/aromatic N) is 1. The van der Waals surface area contributed by atoms with Crippen molar-refractivity contribution in [2.75, 3.05) is 14.2 Å². The molecule has 0 spiro atoms. The minimum Gasteiger partial charge on any atom is -0.497 e. The van der Waals surface area contributed by atoms with Crippen LogP contribution in [0.2, 0.25) is 0 Å². The van der Waals surface area contributed by atoms with Gasteiger partial charge in [0.05, 0.1) is 14.2 Å². The van der Waals surface area contributed by atoms with Crippen LogP contribution in [0.1, 0.15) is 10.5 Å². The number of hydrogen-bond donors (Lipinski definition) is 0. The van der Waals surface area contributed by atoms with E-state index in [-0.39, 0.29) is 5.69 Å². The molecule has 0 atom stereocenters. The average Bonchev–Trinajstić information content (AvgIpc) is 2.67. The molecular formula is C20H16FNO3.